The van der Waals surface area contributed by atoms with E-state index in [0.29, 0.717) is 26.3 Å². The van der Waals surface area contributed by atoms with Gasteiger partial charge in [-0.2, -0.15) is 5.26 Å². The highest BCUT2D eigenvalue weighted by Crippen LogP contribution is 2.24. The summed E-state index contributed by atoms with van der Waals surface area (Å²) in [4.78, 5) is 12.2. The van der Waals surface area contributed by atoms with E-state index in [1.54, 1.807) is 36.4 Å². The van der Waals surface area contributed by atoms with Gasteiger partial charge in [-0.15, -0.1) is 0 Å². The van der Waals surface area contributed by atoms with Crippen LogP contribution in [0.1, 0.15) is 21.5 Å². The Hall–Kier alpha value is -1.83. The van der Waals surface area contributed by atoms with Crippen molar-refractivity contribution in [3.8, 4) is 6.07 Å². The standard InChI is InChI=1S/C15H10BrClN2O/c1-9-6-11(17)3-4-12(9)15(20)19-14-5-2-10(8-18)7-13(14)16/h2-7H,1H3,(H,19,20). The third-order valence-corrected chi connectivity index (χ3v) is 3.67. The quantitative estimate of drug-likeness (QED) is 0.865. The highest BCUT2D eigenvalue weighted by atomic mass is 79.9. The molecule has 1 N–H and O–H groups in total. The highest BCUT2D eigenvalue weighted by molar-refractivity contribution is 9.10. The summed E-state index contributed by atoms with van der Waals surface area (Å²) in [6, 6.07) is 12.1. The molecule has 0 aromatic heterocycles. The van der Waals surface area contributed by atoms with E-state index < -0.39 is 0 Å². The van der Waals surface area contributed by atoms with Gasteiger partial charge in [-0.25, -0.2) is 0 Å². The summed E-state index contributed by atoms with van der Waals surface area (Å²) >= 11 is 9.20. The SMILES string of the molecule is Cc1cc(Cl)ccc1C(=O)Nc1ccc(C#N)cc1Br. The molecule has 0 unspecified atom stereocenters. The van der Waals surface area contributed by atoms with Gasteiger partial charge >= 0.3 is 0 Å². The molecule has 2 rings (SSSR count). The molecular formula is C15H10BrClN2O. The van der Waals surface area contributed by atoms with Gasteiger partial charge in [-0.1, -0.05) is 11.6 Å². The summed E-state index contributed by atoms with van der Waals surface area (Å²) in [5, 5.41) is 12.2. The number of anilines is 1. The molecule has 20 heavy (non-hydrogen) atoms. The lowest BCUT2D eigenvalue weighted by Crippen LogP contribution is -2.13. The Labute approximate surface area is 130 Å². The van der Waals surface area contributed by atoms with E-state index in [0.717, 1.165) is 5.56 Å². The largest absolute Gasteiger partial charge is 0.321 e. The zero-order chi connectivity index (χ0) is 14.7. The summed E-state index contributed by atoms with van der Waals surface area (Å²) < 4.78 is 0.663. The lowest BCUT2D eigenvalue weighted by molar-refractivity contribution is 0.102. The van der Waals surface area contributed by atoms with Crippen LogP contribution in [-0.4, -0.2) is 5.91 Å². The van der Waals surface area contributed by atoms with E-state index in [4.69, 9.17) is 16.9 Å². The molecule has 0 aliphatic rings. The maximum Gasteiger partial charge on any atom is 0.255 e. The third kappa shape index (κ3) is 3.19. The number of nitrogens with zero attached hydrogens (tertiary/aromatic N) is 1. The molecule has 0 fully saturated rings. The first kappa shape index (κ1) is 14.6. The second-order valence-electron chi connectivity index (χ2n) is 4.22. The van der Waals surface area contributed by atoms with Crippen LogP contribution in [0.4, 0.5) is 5.69 Å². The monoisotopic (exact) mass is 348 g/mol. The van der Waals surface area contributed by atoms with Crippen LogP contribution in [-0.2, 0) is 0 Å². The Morgan fingerprint density at radius 3 is 2.65 bits per heavy atom. The van der Waals surface area contributed by atoms with Crippen molar-refractivity contribution < 1.29 is 4.79 Å². The van der Waals surface area contributed by atoms with E-state index in [1.165, 1.54) is 0 Å². The third-order valence-electron chi connectivity index (χ3n) is 2.78. The predicted octanol–water partition coefficient (Wildman–Crippen LogP) is 4.53. The van der Waals surface area contributed by atoms with Gasteiger partial charge in [0, 0.05) is 15.1 Å². The first-order valence-corrected chi connectivity index (χ1v) is 6.95. The van der Waals surface area contributed by atoms with Gasteiger partial charge in [0.2, 0.25) is 0 Å². The minimum Gasteiger partial charge on any atom is -0.321 e. The maximum atomic E-state index is 12.2. The molecule has 0 atom stereocenters. The zero-order valence-corrected chi connectivity index (χ0v) is 12.9. The number of carbonyl (C=O) groups excluding carboxylic acids is 1. The molecule has 1 amide bonds. The van der Waals surface area contributed by atoms with Gasteiger partial charge in [0.25, 0.3) is 5.91 Å². The Bertz CT molecular complexity index is 722. The molecule has 2 aromatic rings. The van der Waals surface area contributed by atoms with Gasteiger partial charge in [-0.05, 0) is 64.8 Å². The molecule has 0 radical (unpaired) electrons. The molecule has 0 spiro atoms. The fraction of sp³-hybridized carbons (Fsp3) is 0.0667. The van der Waals surface area contributed by atoms with Crippen LogP contribution in [0.2, 0.25) is 5.02 Å². The minimum atomic E-state index is -0.218. The topological polar surface area (TPSA) is 52.9 Å². The smallest absolute Gasteiger partial charge is 0.255 e. The highest BCUT2D eigenvalue weighted by Gasteiger charge is 2.11. The van der Waals surface area contributed by atoms with Crippen molar-refractivity contribution >= 4 is 39.1 Å². The van der Waals surface area contributed by atoms with E-state index >= 15 is 0 Å². The predicted molar refractivity (Wildman–Crippen MR) is 83.0 cm³/mol. The summed E-state index contributed by atoms with van der Waals surface area (Å²) in [5.41, 5.74) is 2.51. The molecular weight excluding hydrogens is 340 g/mol. The summed E-state index contributed by atoms with van der Waals surface area (Å²) in [5.74, 6) is -0.218. The van der Waals surface area contributed by atoms with Crippen molar-refractivity contribution in [3.05, 3.63) is 62.6 Å². The fourth-order valence-electron chi connectivity index (χ4n) is 1.76. The number of benzene rings is 2. The summed E-state index contributed by atoms with van der Waals surface area (Å²) in [7, 11) is 0. The maximum absolute atomic E-state index is 12.2. The first-order valence-electron chi connectivity index (χ1n) is 5.78. The summed E-state index contributed by atoms with van der Waals surface area (Å²) in [6.45, 7) is 1.83. The second-order valence-corrected chi connectivity index (χ2v) is 5.51. The van der Waals surface area contributed by atoms with Gasteiger partial charge in [0.15, 0.2) is 0 Å². The molecule has 0 saturated carbocycles. The number of amides is 1. The van der Waals surface area contributed by atoms with Crippen molar-refractivity contribution in [1.29, 1.82) is 5.26 Å². The molecule has 0 saturated heterocycles. The molecule has 3 nitrogen and oxygen atoms in total. The molecule has 100 valence electrons. The van der Waals surface area contributed by atoms with Crippen LogP contribution in [0.3, 0.4) is 0 Å². The van der Waals surface area contributed by atoms with Crippen molar-refractivity contribution in [2.24, 2.45) is 0 Å². The number of nitriles is 1. The van der Waals surface area contributed by atoms with Crippen molar-refractivity contribution in [2.75, 3.05) is 5.32 Å². The van der Waals surface area contributed by atoms with Gasteiger partial charge in [0.1, 0.15) is 0 Å². The lowest BCUT2D eigenvalue weighted by atomic mass is 10.1. The van der Waals surface area contributed by atoms with E-state index in [9.17, 15) is 4.79 Å². The zero-order valence-electron chi connectivity index (χ0n) is 10.6. The van der Waals surface area contributed by atoms with Crippen molar-refractivity contribution in [1.82, 2.24) is 0 Å². The number of aryl methyl sites for hydroxylation is 1. The van der Waals surface area contributed by atoms with E-state index in [2.05, 4.69) is 21.2 Å². The van der Waals surface area contributed by atoms with E-state index in [1.807, 2.05) is 13.0 Å². The fourth-order valence-corrected chi connectivity index (χ4v) is 2.46. The molecule has 2 aromatic carbocycles. The number of nitrogens with one attached hydrogen (secondary N) is 1. The van der Waals surface area contributed by atoms with Crippen molar-refractivity contribution in [3.63, 3.8) is 0 Å². The van der Waals surface area contributed by atoms with Crippen LogP contribution in [0.5, 0.6) is 0 Å². The second kappa shape index (κ2) is 6.08. The van der Waals surface area contributed by atoms with Crippen LogP contribution < -0.4 is 5.32 Å². The van der Waals surface area contributed by atoms with Crippen LogP contribution in [0.15, 0.2) is 40.9 Å². The molecule has 5 heteroatoms. The average Bonchev–Trinajstić information content (AvgIpc) is 2.40. The Morgan fingerprint density at radius 2 is 2.05 bits per heavy atom. The minimum absolute atomic E-state index is 0.218. The Balaban J connectivity index is 2.26. The Kier molecular flexibility index (Phi) is 4.43. The number of rotatable bonds is 2. The van der Waals surface area contributed by atoms with Crippen molar-refractivity contribution in [2.45, 2.75) is 6.92 Å². The lowest BCUT2D eigenvalue weighted by Gasteiger charge is -2.09. The Morgan fingerprint density at radius 1 is 1.30 bits per heavy atom. The van der Waals surface area contributed by atoms with Crippen LogP contribution >= 0.6 is 27.5 Å². The van der Waals surface area contributed by atoms with Crippen LogP contribution in [0, 0.1) is 18.3 Å². The van der Waals surface area contributed by atoms with Gasteiger partial charge < -0.3 is 5.32 Å². The molecule has 0 aliphatic carbocycles. The normalized spacial score (nSPS) is 9.90. The molecule has 0 aliphatic heterocycles. The first-order chi connectivity index (χ1) is 9.51. The number of hydrogen-bond donors (Lipinski definition) is 1. The van der Waals surface area contributed by atoms with E-state index in [-0.39, 0.29) is 5.91 Å². The molecule has 0 bridgehead atoms. The summed E-state index contributed by atoms with van der Waals surface area (Å²) in [6.07, 6.45) is 0. The van der Waals surface area contributed by atoms with Crippen LogP contribution in [0.25, 0.3) is 0 Å². The van der Waals surface area contributed by atoms with Gasteiger partial charge in [-0.3, -0.25) is 4.79 Å². The number of hydrogen-bond acceptors (Lipinski definition) is 2. The van der Waals surface area contributed by atoms with Gasteiger partial charge in [0.05, 0.1) is 17.3 Å². The number of carbonyl (C=O) groups is 1. The number of halogens is 2. The average molecular weight is 350 g/mol. The molecule has 0 heterocycles.